The highest BCUT2D eigenvalue weighted by molar-refractivity contribution is 5.87. The van der Waals surface area contributed by atoms with Crippen molar-refractivity contribution in [2.45, 2.75) is 90.7 Å². The number of carbonyl (C=O) groups is 1. The standard InChI is InChI=1S/C23H38N2O3/c1-14-11-23(27)12-16(25-28-13-15(2)24)7-10-22(23,4)18-8-9-21(3)17(20(14)18)5-6-19(21)26/h14-15,17-18,20,27H,5-13,24H2,1-4H3/t14-,15?,17+,18+,20+,21+,22-,23-/m1/s1. The molecular formula is C23H38N2O3. The van der Waals surface area contributed by atoms with Gasteiger partial charge in [-0.15, -0.1) is 0 Å². The fourth-order valence-electron chi connectivity index (χ4n) is 7.60. The fourth-order valence-corrected chi connectivity index (χ4v) is 7.60. The minimum atomic E-state index is -0.723. The smallest absolute Gasteiger partial charge is 0.139 e. The van der Waals surface area contributed by atoms with Crippen LogP contribution in [-0.4, -0.2) is 34.9 Å². The lowest BCUT2D eigenvalue weighted by Gasteiger charge is -2.64. The van der Waals surface area contributed by atoms with Crippen molar-refractivity contribution in [2.24, 2.45) is 45.4 Å². The minimum Gasteiger partial charge on any atom is -0.394 e. The van der Waals surface area contributed by atoms with Crippen LogP contribution >= 0.6 is 0 Å². The molecular weight excluding hydrogens is 352 g/mol. The third kappa shape index (κ3) is 2.87. The average Bonchev–Trinajstić information content (AvgIpc) is 2.91. The molecule has 0 aromatic heterocycles. The van der Waals surface area contributed by atoms with Gasteiger partial charge in [-0.3, -0.25) is 4.79 Å². The molecule has 4 fully saturated rings. The van der Waals surface area contributed by atoms with Gasteiger partial charge in [0.25, 0.3) is 0 Å². The predicted molar refractivity (Wildman–Crippen MR) is 110 cm³/mol. The first-order chi connectivity index (χ1) is 13.1. The van der Waals surface area contributed by atoms with Gasteiger partial charge in [-0.25, -0.2) is 0 Å². The van der Waals surface area contributed by atoms with E-state index in [1.165, 1.54) is 0 Å². The second kappa shape index (κ2) is 6.80. The summed E-state index contributed by atoms with van der Waals surface area (Å²) in [7, 11) is 0. The zero-order chi connectivity index (χ0) is 20.3. The highest BCUT2D eigenvalue weighted by Gasteiger charge is 2.66. The van der Waals surface area contributed by atoms with E-state index in [4.69, 9.17) is 10.6 Å². The molecule has 0 aromatic carbocycles. The lowest BCUT2D eigenvalue weighted by Crippen LogP contribution is -2.64. The van der Waals surface area contributed by atoms with Gasteiger partial charge < -0.3 is 15.7 Å². The first kappa shape index (κ1) is 20.3. The molecule has 0 aliphatic heterocycles. The lowest BCUT2D eigenvalue weighted by atomic mass is 9.41. The van der Waals surface area contributed by atoms with E-state index in [0.717, 1.165) is 50.7 Å². The van der Waals surface area contributed by atoms with Gasteiger partial charge in [-0.1, -0.05) is 25.9 Å². The van der Waals surface area contributed by atoms with Gasteiger partial charge in [0.2, 0.25) is 0 Å². The summed E-state index contributed by atoms with van der Waals surface area (Å²) < 4.78 is 0. The molecule has 4 aliphatic carbocycles. The van der Waals surface area contributed by atoms with Crippen molar-refractivity contribution in [3.8, 4) is 0 Å². The van der Waals surface area contributed by atoms with Crippen molar-refractivity contribution in [1.29, 1.82) is 0 Å². The summed E-state index contributed by atoms with van der Waals surface area (Å²) in [4.78, 5) is 18.1. The number of hydrogen-bond donors (Lipinski definition) is 2. The van der Waals surface area contributed by atoms with E-state index in [0.29, 0.717) is 42.5 Å². The van der Waals surface area contributed by atoms with Crippen LogP contribution in [0.2, 0.25) is 0 Å². The number of aliphatic hydroxyl groups is 1. The number of nitrogens with two attached hydrogens (primary N) is 1. The first-order valence-corrected chi connectivity index (χ1v) is 11.3. The molecule has 0 heterocycles. The molecule has 0 amide bonds. The van der Waals surface area contributed by atoms with Crippen molar-refractivity contribution in [3.63, 3.8) is 0 Å². The number of nitrogens with zero attached hydrogens (tertiary/aromatic N) is 1. The Morgan fingerprint density at radius 1 is 1.25 bits per heavy atom. The van der Waals surface area contributed by atoms with Gasteiger partial charge in [-0.05, 0) is 69.1 Å². The van der Waals surface area contributed by atoms with Crippen molar-refractivity contribution in [1.82, 2.24) is 0 Å². The molecule has 0 radical (unpaired) electrons. The number of fused-ring (bicyclic) bond motifs is 5. The second-order valence-corrected chi connectivity index (χ2v) is 10.9. The molecule has 0 spiro atoms. The number of carbonyl (C=O) groups excluding carboxylic acids is 1. The Morgan fingerprint density at radius 3 is 2.71 bits per heavy atom. The van der Waals surface area contributed by atoms with Gasteiger partial charge in [0.05, 0.1) is 11.3 Å². The second-order valence-electron chi connectivity index (χ2n) is 10.9. The van der Waals surface area contributed by atoms with Crippen molar-refractivity contribution < 1.29 is 14.7 Å². The van der Waals surface area contributed by atoms with E-state index in [9.17, 15) is 9.90 Å². The van der Waals surface area contributed by atoms with Gasteiger partial charge >= 0.3 is 0 Å². The van der Waals surface area contributed by atoms with Crippen molar-refractivity contribution >= 4 is 11.5 Å². The maximum absolute atomic E-state index is 12.6. The van der Waals surface area contributed by atoms with E-state index in [1.54, 1.807) is 0 Å². The number of oxime groups is 1. The van der Waals surface area contributed by atoms with Crippen LogP contribution in [0.3, 0.4) is 0 Å². The summed E-state index contributed by atoms with van der Waals surface area (Å²) >= 11 is 0. The fraction of sp³-hybridized carbons (Fsp3) is 0.913. The Labute approximate surface area is 169 Å². The van der Waals surface area contributed by atoms with Crippen LogP contribution in [0, 0.1) is 34.5 Å². The molecule has 0 saturated heterocycles. The van der Waals surface area contributed by atoms with E-state index in [1.807, 2.05) is 6.92 Å². The van der Waals surface area contributed by atoms with Crippen LogP contribution in [0.1, 0.15) is 79.1 Å². The Hall–Kier alpha value is -0.940. The van der Waals surface area contributed by atoms with Gasteiger partial charge in [0.15, 0.2) is 0 Å². The van der Waals surface area contributed by atoms with Gasteiger partial charge in [0, 0.05) is 29.7 Å². The summed E-state index contributed by atoms with van der Waals surface area (Å²) in [5.41, 5.74) is 5.78. The number of rotatable bonds is 3. The first-order valence-electron chi connectivity index (χ1n) is 11.3. The normalized spacial score (nSPS) is 50.6. The molecule has 5 heteroatoms. The van der Waals surface area contributed by atoms with Crippen LogP contribution in [0.5, 0.6) is 0 Å². The summed E-state index contributed by atoms with van der Waals surface area (Å²) in [5.74, 6) is 2.47. The van der Waals surface area contributed by atoms with E-state index in [2.05, 4.69) is 25.9 Å². The van der Waals surface area contributed by atoms with Crippen molar-refractivity contribution in [3.05, 3.63) is 0 Å². The zero-order valence-electron chi connectivity index (χ0n) is 18.0. The largest absolute Gasteiger partial charge is 0.394 e. The highest BCUT2D eigenvalue weighted by atomic mass is 16.6. The summed E-state index contributed by atoms with van der Waals surface area (Å²) in [6, 6.07) is -0.0394. The predicted octanol–water partition coefficient (Wildman–Crippen LogP) is 3.68. The molecule has 5 nitrogen and oxygen atoms in total. The third-order valence-electron chi connectivity index (χ3n) is 9.20. The minimum absolute atomic E-state index is 0.0394. The number of ketones is 1. The van der Waals surface area contributed by atoms with Crippen LogP contribution in [0.15, 0.2) is 5.16 Å². The molecule has 4 aliphatic rings. The highest BCUT2D eigenvalue weighted by Crippen LogP contribution is 2.67. The Bertz CT molecular complexity index is 677. The maximum atomic E-state index is 12.6. The zero-order valence-corrected chi connectivity index (χ0v) is 18.0. The SMILES string of the molecule is CC(N)CON=C1CC[C@]2(C)[C@H]3CC[C@]4(C)C(=O)CC[C@H]4[C@@H]3[C@H](C)C[C@@]2(O)C1. The monoisotopic (exact) mass is 390 g/mol. The maximum Gasteiger partial charge on any atom is 0.139 e. The Kier molecular flexibility index (Phi) is 4.94. The molecule has 3 N–H and O–H groups in total. The molecule has 4 rings (SSSR count). The van der Waals surface area contributed by atoms with E-state index < -0.39 is 5.60 Å². The van der Waals surface area contributed by atoms with Crippen LogP contribution in [-0.2, 0) is 9.63 Å². The summed E-state index contributed by atoms with van der Waals surface area (Å²) in [5, 5.41) is 16.2. The third-order valence-corrected chi connectivity index (χ3v) is 9.20. The van der Waals surface area contributed by atoms with Crippen LogP contribution in [0.4, 0.5) is 0 Å². The van der Waals surface area contributed by atoms with Crippen molar-refractivity contribution in [2.75, 3.05) is 6.61 Å². The van der Waals surface area contributed by atoms with Gasteiger partial charge in [0.1, 0.15) is 12.4 Å². The number of hydrogen-bond acceptors (Lipinski definition) is 5. The summed E-state index contributed by atoms with van der Waals surface area (Å²) in [6.07, 6.45) is 7.12. The topological polar surface area (TPSA) is 84.9 Å². The lowest BCUT2D eigenvalue weighted by molar-refractivity contribution is -0.206. The molecule has 0 aromatic rings. The molecule has 28 heavy (non-hydrogen) atoms. The quantitative estimate of drug-likeness (QED) is 0.720. The molecule has 1 unspecified atom stereocenters. The van der Waals surface area contributed by atoms with Crippen LogP contribution < -0.4 is 5.73 Å². The molecule has 0 bridgehead atoms. The molecule has 158 valence electrons. The summed E-state index contributed by atoms with van der Waals surface area (Å²) in [6.45, 7) is 9.16. The Morgan fingerprint density at radius 2 is 2.00 bits per heavy atom. The number of Topliss-reactive ketones (excluding diaryl/α,β-unsaturated/α-hetero) is 1. The average molecular weight is 391 g/mol. The van der Waals surface area contributed by atoms with E-state index in [-0.39, 0.29) is 16.9 Å². The van der Waals surface area contributed by atoms with E-state index >= 15 is 0 Å². The van der Waals surface area contributed by atoms with Crippen LogP contribution in [0.25, 0.3) is 0 Å². The molecule has 8 atom stereocenters. The Balaban J connectivity index is 1.59. The molecule has 4 saturated carbocycles. The van der Waals surface area contributed by atoms with Gasteiger partial charge in [-0.2, -0.15) is 0 Å².